The molecule has 0 saturated carbocycles. The molecule has 8 heteroatoms. The van der Waals surface area contributed by atoms with Gasteiger partial charge in [-0.15, -0.1) is 0 Å². The van der Waals surface area contributed by atoms with Crippen molar-refractivity contribution < 1.29 is 4.79 Å². The van der Waals surface area contributed by atoms with Crippen molar-refractivity contribution >= 4 is 34.9 Å². The number of imidazole rings is 1. The van der Waals surface area contributed by atoms with Gasteiger partial charge in [-0.1, -0.05) is 17.7 Å². The third-order valence-corrected chi connectivity index (χ3v) is 4.18. The topological polar surface area (TPSA) is 84.2 Å². The van der Waals surface area contributed by atoms with Crippen LogP contribution in [0, 0.1) is 6.92 Å². The van der Waals surface area contributed by atoms with Crippen LogP contribution in [0.15, 0.2) is 60.9 Å². The molecule has 0 atom stereocenters. The number of pyridine rings is 1. The van der Waals surface area contributed by atoms with Crippen LogP contribution in [0.2, 0.25) is 5.02 Å². The van der Waals surface area contributed by atoms with E-state index in [1.807, 2.05) is 35.7 Å². The molecular weight excluding hydrogens is 364 g/mol. The lowest BCUT2D eigenvalue weighted by Gasteiger charge is -2.08. The van der Waals surface area contributed by atoms with E-state index in [-0.39, 0.29) is 5.95 Å². The van der Waals surface area contributed by atoms with E-state index < -0.39 is 6.03 Å². The Morgan fingerprint density at radius 1 is 1.04 bits per heavy atom. The summed E-state index contributed by atoms with van der Waals surface area (Å²) < 4.78 is 1.95. The molecule has 1 aromatic carbocycles. The molecular formula is C19H15ClN6O. The summed E-state index contributed by atoms with van der Waals surface area (Å²) in [7, 11) is 0. The van der Waals surface area contributed by atoms with Gasteiger partial charge in [-0.25, -0.2) is 19.7 Å². The summed E-state index contributed by atoms with van der Waals surface area (Å²) in [6.45, 7) is 1.92. The van der Waals surface area contributed by atoms with Crippen molar-refractivity contribution in [3.8, 4) is 11.4 Å². The zero-order valence-electron chi connectivity index (χ0n) is 14.3. The van der Waals surface area contributed by atoms with Gasteiger partial charge in [-0.05, 0) is 49.4 Å². The molecule has 7 nitrogen and oxygen atoms in total. The average Bonchev–Trinajstić information content (AvgIpc) is 2.99. The van der Waals surface area contributed by atoms with Gasteiger partial charge in [0, 0.05) is 23.1 Å². The molecule has 0 aliphatic carbocycles. The number of anilines is 2. The Hall–Kier alpha value is -3.45. The molecule has 0 unspecified atom stereocenters. The molecule has 4 rings (SSSR count). The van der Waals surface area contributed by atoms with Gasteiger partial charge in [-0.3, -0.25) is 9.72 Å². The minimum Gasteiger partial charge on any atom is -0.308 e. The first-order chi connectivity index (χ1) is 13.1. The number of fused-ring (bicyclic) bond motifs is 1. The first kappa shape index (κ1) is 17.0. The smallest absolute Gasteiger partial charge is 0.308 e. The van der Waals surface area contributed by atoms with E-state index >= 15 is 0 Å². The minimum atomic E-state index is -0.440. The highest BCUT2D eigenvalue weighted by atomic mass is 35.5. The number of hydrogen-bond donors (Lipinski definition) is 2. The molecule has 2 N–H and O–H groups in total. The molecule has 3 aromatic heterocycles. The van der Waals surface area contributed by atoms with Gasteiger partial charge in [0.2, 0.25) is 5.95 Å². The number of hydrogen-bond acceptors (Lipinski definition) is 4. The maximum absolute atomic E-state index is 12.2. The molecule has 0 radical (unpaired) electrons. The average molecular weight is 379 g/mol. The summed E-state index contributed by atoms with van der Waals surface area (Å²) >= 11 is 5.84. The predicted octanol–water partition coefficient (Wildman–Crippen LogP) is 4.40. The number of carbonyl (C=O) groups is 1. The Labute approximate surface area is 160 Å². The Kier molecular flexibility index (Phi) is 4.43. The second-order valence-electron chi connectivity index (χ2n) is 5.83. The van der Waals surface area contributed by atoms with E-state index in [9.17, 15) is 4.79 Å². The lowest BCUT2D eigenvalue weighted by Crippen LogP contribution is -2.20. The van der Waals surface area contributed by atoms with Crippen molar-refractivity contribution in [1.82, 2.24) is 19.4 Å². The lowest BCUT2D eigenvalue weighted by molar-refractivity contribution is 0.262. The molecule has 27 heavy (non-hydrogen) atoms. The van der Waals surface area contributed by atoms with Gasteiger partial charge in [0.25, 0.3) is 0 Å². The lowest BCUT2D eigenvalue weighted by atomic mass is 10.2. The van der Waals surface area contributed by atoms with Gasteiger partial charge in [-0.2, -0.15) is 0 Å². The van der Waals surface area contributed by atoms with Crippen LogP contribution in [0.5, 0.6) is 0 Å². The maximum atomic E-state index is 12.2. The van der Waals surface area contributed by atoms with Crippen LogP contribution in [-0.2, 0) is 0 Å². The summed E-state index contributed by atoms with van der Waals surface area (Å²) in [5.41, 5.74) is 3.82. The Morgan fingerprint density at radius 2 is 1.85 bits per heavy atom. The number of amides is 2. The molecule has 2 amide bonds. The quantitative estimate of drug-likeness (QED) is 0.553. The van der Waals surface area contributed by atoms with E-state index in [4.69, 9.17) is 11.6 Å². The van der Waals surface area contributed by atoms with Crippen LogP contribution in [0.4, 0.5) is 16.4 Å². The van der Waals surface area contributed by atoms with Gasteiger partial charge in [0.05, 0.1) is 17.1 Å². The Morgan fingerprint density at radius 3 is 2.67 bits per heavy atom. The first-order valence-corrected chi connectivity index (χ1v) is 8.58. The number of urea groups is 1. The molecule has 3 heterocycles. The van der Waals surface area contributed by atoms with E-state index in [2.05, 4.69) is 25.6 Å². The Bertz CT molecular complexity index is 1120. The van der Waals surface area contributed by atoms with Gasteiger partial charge >= 0.3 is 6.03 Å². The highest BCUT2D eigenvalue weighted by Gasteiger charge is 2.13. The molecule has 0 saturated heterocycles. The Balaban J connectivity index is 1.58. The second-order valence-corrected chi connectivity index (χ2v) is 6.26. The van der Waals surface area contributed by atoms with Crippen molar-refractivity contribution in [2.75, 3.05) is 10.6 Å². The van der Waals surface area contributed by atoms with Crippen molar-refractivity contribution in [3.63, 3.8) is 0 Å². The number of rotatable bonds is 3. The van der Waals surface area contributed by atoms with Crippen molar-refractivity contribution in [3.05, 3.63) is 71.6 Å². The molecule has 134 valence electrons. The zero-order chi connectivity index (χ0) is 18.8. The standard InChI is InChI=1S/C19H15ClN6O/c1-12-17(26-11-3-2-4-16(26)22-12)15-9-10-21-18(24-15)25-19(27)23-14-7-5-13(20)6-8-14/h2-11H,1H3,(H2,21,23,24,25,27). The summed E-state index contributed by atoms with van der Waals surface area (Å²) in [5.74, 6) is 0.198. The maximum Gasteiger partial charge on any atom is 0.326 e. The van der Waals surface area contributed by atoms with Crippen LogP contribution in [-0.4, -0.2) is 25.4 Å². The van der Waals surface area contributed by atoms with Crippen LogP contribution >= 0.6 is 11.6 Å². The molecule has 0 bridgehead atoms. The normalized spacial score (nSPS) is 10.7. The number of halogens is 1. The summed E-state index contributed by atoms with van der Waals surface area (Å²) in [5, 5.41) is 5.94. The second kappa shape index (κ2) is 7.05. The zero-order valence-corrected chi connectivity index (χ0v) is 15.1. The fourth-order valence-electron chi connectivity index (χ4n) is 2.77. The SMILES string of the molecule is Cc1nc2ccccn2c1-c1ccnc(NC(=O)Nc2ccc(Cl)cc2)n1. The fraction of sp³-hybridized carbons (Fsp3) is 0.0526. The van der Waals surface area contributed by atoms with E-state index in [1.54, 1.807) is 36.5 Å². The number of benzene rings is 1. The number of aryl methyl sites for hydroxylation is 1. The number of aromatic nitrogens is 4. The highest BCUT2D eigenvalue weighted by molar-refractivity contribution is 6.30. The molecule has 0 aliphatic rings. The summed E-state index contributed by atoms with van der Waals surface area (Å²) in [6.07, 6.45) is 3.52. The van der Waals surface area contributed by atoms with Crippen molar-refractivity contribution in [1.29, 1.82) is 0 Å². The first-order valence-electron chi connectivity index (χ1n) is 8.21. The van der Waals surface area contributed by atoms with E-state index in [0.29, 0.717) is 16.4 Å². The molecule has 0 aliphatic heterocycles. The number of nitrogens with zero attached hydrogens (tertiary/aromatic N) is 4. The monoisotopic (exact) mass is 378 g/mol. The van der Waals surface area contributed by atoms with Crippen LogP contribution in [0.1, 0.15) is 5.69 Å². The van der Waals surface area contributed by atoms with E-state index in [0.717, 1.165) is 17.0 Å². The van der Waals surface area contributed by atoms with E-state index in [1.165, 1.54) is 0 Å². The van der Waals surface area contributed by atoms with Crippen molar-refractivity contribution in [2.24, 2.45) is 0 Å². The molecule has 0 fully saturated rings. The van der Waals surface area contributed by atoms with Crippen LogP contribution in [0.25, 0.3) is 17.0 Å². The third kappa shape index (κ3) is 3.58. The van der Waals surface area contributed by atoms with Gasteiger partial charge < -0.3 is 5.32 Å². The summed E-state index contributed by atoms with van der Waals surface area (Å²) in [4.78, 5) is 25.3. The largest absolute Gasteiger partial charge is 0.326 e. The number of nitrogens with one attached hydrogen (secondary N) is 2. The molecule has 0 spiro atoms. The van der Waals surface area contributed by atoms with Gasteiger partial charge in [0.1, 0.15) is 5.65 Å². The highest BCUT2D eigenvalue weighted by Crippen LogP contribution is 2.23. The van der Waals surface area contributed by atoms with Crippen LogP contribution in [0.3, 0.4) is 0 Å². The van der Waals surface area contributed by atoms with Gasteiger partial charge in [0.15, 0.2) is 0 Å². The fourth-order valence-corrected chi connectivity index (χ4v) is 2.90. The number of carbonyl (C=O) groups excluding carboxylic acids is 1. The third-order valence-electron chi connectivity index (χ3n) is 3.93. The molecule has 4 aromatic rings. The van der Waals surface area contributed by atoms with Crippen molar-refractivity contribution in [2.45, 2.75) is 6.92 Å². The summed E-state index contributed by atoms with van der Waals surface area (Å²) in [6, 6.07) is 13.9. The van der Waals surface area contributed by atoms with Crippen LogP contribution < -0.4 is 10.6 Å². The minimum absolute atomic E-state index is 0.198. The predicted molar refractivity (Wildman–Crippen MR) is 105 cm³/mol.